The first-order valence-electron chi connectivity index (χ1n) is 4.76. The van der Waals surface area contributed by atoms with E-state index >= 15 is 0 Å². The van der Waals surface area contributed by atoms with Gasteiger partial charge in [0.05, 0.1) is 6.10 Å². The molecule has 0 aliphatic heterocycles. The topological polar surface area (TPSA) is 58.0 Å². The van der Waals surface area contributed by atoms with Gasteiger partial charge in [0.2, 0.25) is 11.0 Å². The van der Waals surface area contributed by atoms with E-state index in [4.69, 9.17) is 0 Å². The molecule has 0 aliphatic carbocycles. The van der Waals surface area contributed by atoms with Crippen LogP contribution in [0, 0.1) is 0 Å². The summed E-state index contributed by atoms with van der Waals surface area (Å²) in [7, 11) is 0. The van der Waals surface area contributed by atoms with Crippen molar-refractivity contribution in [2.75, 3.05) is 11.9 Å². The monoisotopic (exact) mass is 255 g/mol. The minimum atomic E-state index is -4.52. The molecule has 0 aliphatic rings. The molecule has 1 aromatic heterocycles. The lowest BCUT2D eigenvalue weighted by molar-refractivity contribution is -0.144. The van der Waals surface area contributed by atoms with E-state index in [0.29, 0.717) is 18.0 Å². The van der Waals surface area contributed by atoms with Crippen molar-refractivity contribution in [3.05, 3.63) is 5.82 Å². The Labute approximate surface area is 94.7 Å². The van der Waals surface area contributed by atoms with E-state index in [1.54, 1.807) is 0 Å². The molecule has 8 heteroatoms. The summed E-state index contributed by atoms with van der Waals surface area (Å²) in [6.45, 7) is 2.09. The van der Waals surface area contributed by atoms with Crippen LogP contribution in [0.4, 0.5) is 18.3 Å². The highest BCUT2D eigenvalue weighted by atomic mass is 32.1. The van der Waals surface area contributed by atoms with Gasteiger partial charge in [-0.2, -0.15) is 22.5 Å². The molecule has 92 valence electrons. The van der Waals surface area contributed by atoms with Crippen LogP contribution in [0.15, 0.2) is 0 Å². The van der Waals surface area contributed by atoms with Crippen molar-refractivity contribution in [1.29, 1.82) is 0 Å². The van der Waals surface area contributed by atoms with E-state index in [-0.39, 0.29) is 11.7 Å². The molecule has 2 N–H and O–H groups in total. The maximum absolute atomic E-state index is 12.1. The first-order valence-corrected chi connectivity index (χ1v) is 5.53. The number of hydrogen-bond donors (Lipinski definition) is 2. The molecule has 4 nitrogen and oxygen atoms in total. The van der Waals surface area contributed by atoms with Gasteiger partial charge in [0.1, 0.15) is 0 Å². The molecule has 1 aromatic rings. The Morgan fingerprint density at radius 2 is 2.19 bits per heavy atom. The number of halogens is 3. The lowest BCUT2D eigenvalue weighted by Gasteiger charge is -2.08. The third kappa shape index (κ3) is 3.93. The quantitative estimate of drug-likeness (QED) is 0.846. The first kappa shape index (κ1) is 13.2. The highest BCUT2D eigenvalue weighted by Gasteiger charge is 2.36. The fraction of sp³-hybridized carbons (Fsp3) is 0.750. The third-order valence-corrected chi connectivity index (χ3v) is 2.46. The molecule has 1 atom stereocenters. The summed E-state index contributed by atoms with van der Waals surface area (Å²) in [5.74, 6) is -1.15. The van der Waals surface area contributed by atoms with E-state index in [2.05, 4.69) is 14.7 Å². The molecule has 0 spiro atoms. The Morgan fingerprint density at radius 1 is 1.50 bits per heavy atom. The predicted molar refractivity (Wildman–Crippen MR) is 54.3 cm³/mol. The van der Waals surface area contributed by atoms with Gasteiger partial charge in [-0.25, -0.2) is 0 Å². The van der Waals surface area contributed by atoms with E-state index < -0.39 is 18.1 Å². The van der Waals surface area contributed by atoms with Crippen molar-refractivity contribution in [3.63, 3.8) is 0 Å². The van der Waals surface area contributed by atoms with Crippen molar-refractivity contribution < 1.29 is 18.3 Å². The molecule has 0 aromatic carbocycles. The molecule has 0 fully saturated rings. The first-order chi connectivity index (χ1) is 7.43. The number of aliphatic hydroxyl groups is 1. The average Bonchev–Trinajstić information content (AvgIpc) is 2.63. The van der Waals surface area contributed by atoms with Crippen molar-refractivity contribution >= 4 is 16.7 Å². The van der Waals surface area contributed by atoms with Gasteiger partial charge < -0.3 is 10.4 Å². The maximum Gasteiger partial charge on any atom is 0.452 e. The van der Waals surface area contributed by atoms with Crippen LogP contribution in [0.3, 0.4) is 0 Å². The molecular weight excluding hydrogens is 243 g/mol. The van der Waals surface area contributed by atoms with Crippen LogP contribution in [-0.2, 0) is 6.18 Å². The average molecular weight is 255 g/mol. The smallest absolute Gasteiger partial charge is 0.391 e. The van der Waals surface area contributed by atoms with E-state index in [1.807, 2.05) is 6.92 Å². The van der Waals surface area contributed by atoms with Crippen LogP contribution < -0.4 is 5.32 Å². The van der Waals surface area contributed by atoms with Crippen molar-refractivity contribution in [2.45, 2.75) is 32.0 Å². The second-order valence-electron chi connectivity index (χ2n) is 3.24. The van der Waals surface area contributed by atoms with Crippen molar-refractivity contribution in [2.24, 2.45) is 0 Å². The highest BCUT2D eigenvalue weighted by molar-refractivity contribution is 7.09. The van der Waals surface area contributed by atoms with Crippen LogP contribution in [0.1, 0.15) is 25.6 Å². The maximum atomic E-state index is 12.1. The summed E-state index contributed by atoms with van der Waals surface area (Å²) in [5.41, 5.74) is 0. The van der Waals surface area contributed by atoms with Crippen LogP contribution in [0.25, 0.3) is 0 Å². The number of aliphatic hydroxyl groups excluding tert-OH is 1. The third-order valence-electron chi connectivity index (χ3n) is 1.79. The Hall–Kier alpha value is -0.890. The number of nitrogens with zero attached hydrogens (tertiary/aromatic N) is 2. The van der Waals surface area contributed by atoms with Gasteiger partial charge in [0.15, 0.2) is 0 Å². The molecule has 0 saturated heterocycles. The van der Waals surface area contributed by atoms with E-state index in [9.17, 15) is 18.3 Å². The van der Waals surface area contributed by atoms with Gasteiger partial charge in [-0.1, -0.05) is 13.3 Å². The standard InChI is InChI=1S/C8H12F3N3OS/c1-2-3-5(15)4-12-7-13-6(14-16-7)8(9,10)11/h5,15H,2-4H2,1H3,(H,12,13,14). The van der Waals surface area contributed by atoms with E-state index in [1.165, 1.54) is 0 Å². The van der Waals surface area contributed by atoms with Gasteiger partial charge in [-0.05, 0) is 6.42 Å². The molecule has 1 heterocycles. The van der Waals surface area contributed by atoms with Gasteiger partial charge in [0, 0.05) is 18.1 Å². The largest absolute Gasteiger partial charge is 0.452 e. The minimum absolute atomic E-state index is 0.0717. The van der Waals surface area contributed by atoms with Crippen LogP contribution in [-0.4, -0.2) is 27.1 Å². The normalized spacial score (nSPS) is 13.8. The molecule has 16 heavy (non-hydrogen) atoms. The molecule has 0 amide bonds. The summed E-state index contributed by atoms with van der Waals surface area (Å²) in [6.07, 6.45) is -3.69. The predicted octanol–water partition coefficient (Wildman–Crippen LogP) is 2.13. The number of rotatable bonds is 5. The van der Waals surface area contributed by atoms with Gasteiger partial charge >= 0.3 is 6.18 Å². The lowest BCUT2D eigenvalue weighted by atomic mass is 10.2. The Balaban J connectivity index is 2.47. The second-order valence-corrected chi connectivity index (χ2v) is 4.00. The highest BCUT2D eigenvalue weighted by Crippen LogP contribution is 2.28. The van der Waals surface area contributed by atoms with Crippen LogP contribution in [0.5, 0.6) is 0 Å². The minimum Gasteiger partial charge on any atom is -0.391 e. The number of anilines is 1. The van der Waals surface area contributed by atoms with E-state index in [0.717, 1.165) is 6.42 Å². The SMILES string of the molecule is CCCC(O)CNc1nc(C(F)(F)F)ns1. The van der Waals surface area contributed by atoms with Crippen LogP contribution >= 0.6 is 11.5 Å². The summed E-state index contributed by atoms with van der Waals surface area (Å²) >= 11 is 0.633. The summed E-state index contributed by atoms with van der Waals surface area (Å²) < 4.78 is 39.5. The fourth-order valence-electron chi connectivity index (χ4n) is 1.05. The number of alkyl halides is 3. The van der Waals surface area contributed by atoms with Crippen molar-refractivity contribution in [1.82, 2.24) is 9.36 Å². The summed E-state index contributed by atoms with van der Waals surface area (Å²) in [5, 5.41) is 12.0. The Bertz CT molecular complexity index is 329. The lowest BCUT2D eigenvalue weighted by Crippen LogP contribution is -2.19. The zero-order valence-electron chi connectivity index (χ0n) is 8.58. The number of aromatic nitrogens is 2. The van der Waals surface area contributed by atoms with Crippen molar-refractivity contribution in [3.8, 4) is 0 Å². The zero-order valence-corrected chi connectivity index (χ0v) is 9.40. The van der Waals surface area contributed by atoms with Crippen LogP contribution in [0.2, 0.25) is 0 Å². The second kappa shape index (κ2) is 5.44. The molecule has 0 bridgehead atoms. The Kier molecular flexibility index (Phi) is 4.48. The van der Waals surface area contributed by atoms with Gasteiger partial charge in [-0.3, -0.25) is 0 Å². The number of hydrogen-bond acceptors (Lipinski definition) is 5. The molecular formula is C8H12F3N3OS. The van der Waals surface area contributed by atoms with Gasteiger partial charge in [-0.15, -0.1) is 0 Å². The summed E-state index contributed by atoms with van der Waals surface area (Å²) in [6, 6.07) is 0. The van der Waals surface area contributed by atoms with Gasteiger partial charge in [0.25, 0.3) is 0 Å². The molecule has 0 radical (unpaired) electrons. The Morgan fingerprint density at radius 3 is 2.69 bits per heavy atom. The molecule has 1 unspecified atom stereocenters. The number of nitrogens with one attached hydrogen (secondary N) is 1. The molecule has 0 saturated carbocycles. The molecule has 1 rings (SSSR count). The zero-order chi connectivity index (χ0) is 12.2. The summed E-state index contributed by atoms with van der Waals surface area (Å²) in [4.78, 5) is 3.27. The fourth-order valence-corrected chi connectivity index (χ4v) is 1.64.